The maximum Gasteiger partial charge on any atom is 0.342 e. The molecule has 1 unspecified atom stereocenters. The first kappa shape index (κ1) is 71.8. The van der Waals surface area contributed by atoms with E-state index < -0.39 is 35.8 Å². The van der Waals surface area contributed by atoms with Crippen LogP contribution in [0.3, 0.4) is 0 Å². The zero-order chi connectivity index (χ0) is 69.1. The fourth-order valence-corrected chi connectivity index (χ4v) is 17.7. The van der Waals surface area contributed by atoms with Crippen LogP contribution in [0, 0.1) is 58.2 Å². The summed E-state index contributed by atoms with van der Waals surface area (Å²) in [6, 6.07) is 33.3. The zero-order valence-electron chi connectivity index (χ0n) is 57.4. The SMILES string of the molecule is COC(=O)c1ccccc1COC(=O)c1cc(C(=CCC[C@H]2CC[C@@]3(C)C(CC[C@H]4[C@@H]5CC[C@H]([C@H](C)CCCC(C)C)[C@@]5(C)CC[C@@H]43)C2)c2cc(Cl)c(OCc3ccccc3C(=O)OC)c(C(=O)OCc3ccccc3C(=O)OC)c2)cc(Cl)c1OCc1ccccc1C(=O)OC. The number of carbonyl (C=O) groups excluding carboxylic acids is 6. The van der Waals surface area contributed by atoms with Crippen LogP contribution in [0.2, 0.25) is 10.0 Å². The number of hydrogen-bond donors (Lipinski definition) is 0. The van der Waals surface area contributed by atoms with Crippen LogP contribution < -0.4 is 9.47 Å². The average molecular weight is 1360 g/mol. The molecular weight excluding hydrogens is 1270 g/mol. The van der Waals surface area contributed by atoms with E-state index in [9.17, 15) is 28.8 Å². The largest absolute Gasteiger partial charge is 0.486 e. The molecule has 14 nitrogen and oxygen atoms in total. The summed E-state index contributed by atoms with van der Waals surface area (Å²) in [6.45, 7) is 11.5. The van der Waals surface area contributed by atoms with Crippen LogP contribution in [-0.2, 0) is 54.8 Å². The Hall–Kier alpha value is -7.94. The number of esters is 6. The molecule has 4 fully saturated rings. The van der Waals surface area contributed by atoms with Crippen molar-refractivity contribution in [2.45, 2.75) is 151 Å². The number of allylic oxidation sites excluding steroid dienone is 1. The minimum absolute atomic E-state index is 0.00885. The van der Waals surface area contributed by atoms with Crippen LogP contribution in [0.4, 0.5) is 0 Å². The van der Waals surface area contributed by atoms with Crippen molar-refractivity contribution in [1.82, 2.24) is 0 Å². The van der Waals surface area contributed by atoms with Gasteiger partial charge in [-0.05, 0) is 194 Å². The zero-order valence-corrected chi connectivity index (χ0v) is 59.0. The quantitative estimate of drug-likeness (QED) is 0.0370. The highest BCUT2D eigenvalue weighted by atomic mass is 35.5. The number of halogens is 2. The van der Waals surface area contributed by atoms with Crippen molar-refractivity contribution in [2.75, 3.05) is 28.4 Å². The summed E-state index contributed by atoms with van der Waals surface area (Å²) >= 11 is 14.8. The van der Waals surface area contributed by atoms with Crippen LogP contribution in [0.1, 0.15) is 220 Å². The van der Waals surface area contributed by atoms with E-state index in [0.717, 1.165) is 54.8 Å². The number of carbonyl (C=O) groups is 6. The van der Waals surface area contributed by atoms with Gasteiger partial charge in [-0.3, -0.25) is 0 Å². The number of fused-ring (bicyclic) bond motifs is 5. The van der Waals surface area contributed by atoms with E-state index in [-0.39, 0.29) is 86.8 Å². The summed E-state index contributed by atoms with van der Waals surface area (Å²) in [5.41, 5.74) is 4.51. The molecule has 0 bridgehead atoms. The van der Waals surface area contributed by atoms with Gasteiger partial charge in [-0.1, -0.05) is 156 Å². The summed E-state index contributed by atoms with van der Waals surface area (Å²) < 4.78 is 45.3. The van der Waals surface area contributed by atoms with Gasteiger partial charge >= 0.3 is 35.8 Å². The molecule has 6 aromatic carbocycles. The second kappa shape index (κ2) is 32.2. The van der Waals surface area contributed by atoms with Crippen LogP contribution in [-0.4, -0.2) is 64.3 Å². The number of methoxy groups -OCH3 is 4. The summed E-state index contributed by atoms with van der Waals surface area (Å²) in [5.74, 6) is 1.47. The lowest BCUT2D eigenvalue weighted by molar-refractivity contribution is -0.121. The Balaban J connectivity index is 1.02. The highest BCUT2D eigenvalue weighted by Gasteiger charge is 2.60. The second-order valence-corrected chi connectivity index (χ2v) is 28.8. The first-order valence-electron chi connectivity index (χ1n) is 34.3. The van der Waals surface area contributed by atoms with E-state index in [1.54, 1.807) is 121 Å². The van der Waals surface area contributed by atoms with E-state index in [2.05, 4.69) is 40.7 Å². The van der Waals surface area contributed by atoms with E-state index in [0.29, 0.717) is 62.6 Å². The molecule has 0 amide bonds. The van der Waals surface area contributed by atoms with E-state index in [1.165, 1.54) is 92.6 Å². The number of ether oxygens (including phenoxy) is 8. The third-order valence-electron chi connectivity index (χ3n) is 22.2. The third-order valence-corrected chi connectivity index (χ3v) is 22.8. The number of rotatable bonds is 26. The highest BCUT2D eigenvalue weighted by Crippen LogP contribution is 2.69. The summed E-state index contributed by atoms with van der Waals surface area (Å²) in [6.07, 6.45) is 18.9. The molecule has 0 saturated heterocycles. The van der Waals surface area contributed by atoms with Crippen LogP contribution in [0.15, 0.2) is 127 Å². The molecule has 0 N–H and O–H groups in total. The van der Waals surface area contributed by atoms with E-state index in [4.69, 9.17) is 61.1 Å². The molecule has 16 heteroatoms. The van der Waals surface area contributed by atoms with Gasteiger partial charge in [0.1, 0.15) is 37.6 Å². The van der Waals surface area contributed by atoms with Crippen LogP contribution in [0.25, 0.3) is 5.57 Å². The lowest BCUT2D eigenvalue weighted by atomic mass is 9.44. The van der Waals surface area contributed by atoms with Gasteiger partial charge in [-0.15, -0.1) is 0 Å². The van der Waals surface area contributed by atoms with Crippen LogP contribution >= 0.6 is 23.2 Å². The molecule has 4 saturated carbocycles. The van der Waals surface area contributed by atoms with Gasteiger partial charge in [0.25, 0.3) is 0 Å². The van der Waals surface area contributed by atoms with Gasteiger partial charge in [0, 0.05) is 22.3 Å². The Labute approximate surface area is 581 Å². The van der Waals surface area contributed by atoms with Crippen molar-refractivity contribution in [3.8, 4) is 11.5 Å². The number of hydrogen-bond acceptors (Lipinski definition) is 14. The van der Waals surface area contributed by atoms with Crippen molar-refractivity contribution in [3.05, 3.63) is 204 Å². The Morgan fingerprint density at radius 3 is 1.38 bits per heavy atom. The first-order chi connectivity index (χ1) is 46.7. The summed E-state index contributed by atoms with van der Waals surface area (Å²) in [4.78, 5) is 81.8. The Morgan fingerprint density at radius 1 is 0.495 bits per heavy atom. The van der Waals surface area contributed by atoms with Crippen molar-refractivity contribution in [3.63, 3.8) is 0 Å². The standard InChI is InChI=1S/C81H92Cl2O14/c1-49(2)20-18-21-50(3)67-34-35-68-64-33-32-58-40-51(36-38-80(58,4)69(64)37-39-81(67,68)5)22-19-31-59(56-41-65(78(88)96-47-54-25-12-16-29-62(54)76(86)92-8)72(70(82)43-56)94-45-52-23-10-14-27-60(52)74(84)90-6)57-42-66(79(89)97-48-55-26-13-17-30-63(55)77(87)93-9)73(71(83)44-57)95-46-53-24-11-15-28-61(53)75(85)91-7/h10-17,23-31,41-44,49-51,58,64,67-69H,18-22,32-40,45-48H2,1-9H3/t50-,51+,58?,64+,67-,68+,69+,80+,81-/m1/s1. The molecule has 514 valence electrons. The predicted molar refractivity (Wildman–Crippen MR) is 374 cm³/mol. The molecule has 6 aromatic rings. The Morgan fingerprint density at radius 2 is 0.928 bits per heavy atom. The molecule has 0 aromatic heterocycles. The molecule has 0 heterocycles. The molecule has 0 spiro atoms. The highest BCUT2D eigenvalue weighted by molar-refractivity contribution is 6.33. The molecule has 4 aliphatic rings. The van der Waals surface area contributed by atoms with Crippen molar-refractivity contribution >= 4 is 64.6 Å². The number of benzene rings is 6. The first-order valence-corrected chi connectivity index (χ1v) is 35.1. The second-order valence-electron chi connectivity index (χ2n) is 28.0. The maximum absolute atomic E-state index is 15.0. The molecule has 0 aliphatic heterocycles. The fraction of sp³-hybridized carbons (Fsp3) is 0.457. The lowest BCUT2D eigenvalue weighted by Crippen LogP contribution is -2.53. The van der Waals surface area contributed by atoms with Gasteiger partial charge in [0.15, 0.2) is 11.5 Å². The predicted octanol–water partition coefficient (Wildman–Crippen LogP) is 19.0. The lowest BCUT2D eigenvalue weighted by Gasteiger charge is -2.61. The smallest absolute Gasteiger partial charge is 0.342 e. The molecule has 0 radical (unpaired) electrons. The molecule has 10 rings (SSSR count). The average Bonchev–Trinajstić information content (AvgIpc) is 1.68. The maximum atomic E-state index is 15.0. The van der Waals surface area contributed by atoms with Gasteiger partial charge in [0.05, 0.1) is 60.7 Å². The van der Waals surface area contributed by atoms with E-state index >= 15 is 0 Å². The third kappa shape index (κ3) is 16.0. The molecule has 9 atom stereocenters. The fourth-order valence-electron chi connectivity index (χ4n) is 17.2. The van der Waals surface area contributed by atoms with E-state index in [1.807, 2.05) is 0 Å². The topological polar surface area (TPSA) is 176 Å². The van der Waals surface area contributed by atoms with Gasteiger partial charge in [-0.25, -0.2) is 28.8 Å². The monoisotopic (exact) mass is 1360 g/mol. The molecule has 97 heavy (non-hydrogen) atoms. The Bertz CT molecular complexity index is 3700. The minimum atomic E-state index is -0.855. The summed E-state index contributed by atoms with van der Waals surface area (Å²) in [5, 5.41) is 0.0177. The molecular formula is C81H92Cl2O14. The normalized spacial score (nSPS) is 21.9. The molecule has 4 aliphatic carbocycles. The van der Waals surface area contributed by atoms with Crippen molar-refractivity contribution < 1.29 is 66.7 Å². The van der Waals surface area contributed by atoms with Crippen LogP contribution in [0.5, 0.6) is 11.5 Å². The van der Waals surface area contributed by atoms with Gasteiger partial charge in [-0.2, -0.15) is 0 Å². The van der Waals surface area contributed by atoms with Gasteiger partial charge in [0.2, 0.25) is 0 Å². The summed E-state index contributed by atoms with van der Waals surface area (Å²) in [7, 11) is 5.11. The minimum Gasteiger partial charge on any atom is -0.486 e. The van der Waals surface area contributed by atoms with Crippen molar-refractivity contribution in [2.24, 2.45) is 58.2 Å². The Kier molecular flexibility index (Phi) is 23.8. The van der Waals surface area contributed by atoms with Gasteiger partial charge < -0.3 is 37.9 Å². The van der Waals surface area contributed by atoms with Crippen molar-refractivity contribution in [1.29, 1.82) is 0 Å².